The fraction of sp³-hybridized carbons (Fsp3) is 0.355. The first kappa shape index (κ1) is 27.9. The molecule has 0 aliphatic carbocycles. The van der Waals surface area contributed by atoms with Crippen LogP contribution in [-0.4, -0.2) is 35.9 Å². The number of halogens is 1. The van der Waals surface area contributed by atoms with Crippen molar-refractivity contribution in [3.63, 3.8) is 0 Å². The summed E-state index contributed by atoms with van der Waals surface area (Å²) in [4.78, 5) is 28.7. The molecule has 1 atom stereocenters. The van der Waals surface area contributed by atoms with Crippen LogP contribution in [0.1, 0.15) is 47.6 Å². The van der Waals surface area contributed by atoms with Gasteiger partial charge in [0, 0.05) is 19.5 Å². The third-order valence-corrected chi connectivity index (χ3v) is 6.48. The zero-order valence-electron chi connectivity index (χ0n) is 22.2. The van der Waals surface area contributed by atoms with E-state index >= 15 is 0 Å². The Bertz CT molecular complexity index is 1180. The van der Waals surface area contributed by atoms with Gasteiger partial charge in [-0.05, 0) is 73.2 Å². The van der Waals surface area contributed by atoms with E-state index in [9.17, 15) is 14.0 Å². The van der Waals surface area contributed by atoms with Crippen LogP contribution in [0.3, 0.4) is 0 Å². The third-order valence-electron chi connectivity index (χ3n) is 6.48. The van der Waals surface area contributed by atoms with E-state index in [1.165, 1.54) is 12.1 Å². The van der Waals surface area contributed by atoms with Crippen molar-refractivity contribution in [1.82, 2.24) is 10.2 Å². The van der Waals surface area contributed by atoms with Crippen molar-refractivity contribution in [1.29, 1.82) is 0 Å². The average Bonchev–Trinajstić information content (AvgIpc) is 2.89. The Balaban J connectivity index is 1.91. The SMILES string of the molecule is CCCCNC(=O)C(Cc1ccccc1)N(Cc1ccc(F)cc1)C(=O)COc1cc(C)cc(C)c1C. The second-order valence-corrected chi connectivity index (χ2v) is 9.49. The number of ether oxygens (including phenoxy) is 1. The lowest BCUT2D eigenvalue weighted by molar-refractivity contribution is -0.142. The number of rotatable bonds is 12. The van der Waals surface area contributed by atoms with Crippen molar-refractivity contribution in [2.45, 2.75) is 59.5 Å². The van der Waals surface area contributed by atoms with E-state index < -0.39 is 6.04 Å². The van der Waals surface area contributed by atoms with E-state index in [2.05, 4.69) is 18.3 Å². The highest BCUT2D eigenvalue weighted by Crippen LogP contribution is 2.24. The van der Waals surface area contributed by atoms with Crippen LogP contribution < -0.4 is 10.1 Å². The Kier molecular flexibility index (Phi) is 10.2. The summed E-state index contributed by atoms with van der Waals surface area (Å²) in [6.07, 6.45) is 2.16. The molecule has 3 rings (SSSR count). The van der Waals surface area contributed by atoms with Gasteiger partial charge in [-0.3, -0.25) is 9.59 Å². The predicted octanol–water partition coefficient (Wildman–Crippen LogP) is 5.69. The fourth-order valence-corrected chi connectivity index (χ4v) is 4.22. The summed E-state index contributed by atoms with van der Waals surface area (Å²) in [5.41, 5.74) is 4.79. The van der Waals surface area contributed by atoms with E-state index in [4.69, 9.17) is 4.74 Å². The Morgan fingerprint density at radius 1 is 0.973 bits per heavy atom. The summed E-state index contributed by atoms with van der Waals surface area (Å²) < 4.78 is 19.6. The highest BCUT2D eigenvalue weighted by atomic mass is 19.1. The van der Waals surface area contributed by atoms with Gasteiger partial charge in [-0.2, -0.15) is 0 Å². The number of carbonyl (C=O) groups excluding carboxylic acids is 2. The molecule has 1 unspecified atom stereocenters. The third kappa shape index (κ3) is 8.17. The van der Waals surface area contributed by atoms with Crippen molar-refractivity contribution < 1.29 is 18.7 Å². The number of hydrogen-bond donors (Lipinski definition) is 1. The highest BCUT2D eigenvalue weighted by molar-refractivity contribution is 5.88. The summed E-state index contributed by atoms with van der Waals surface area (Å²) >= 11 is 0. The van der Waals surface area contributed by atoms with Gasteiger partial charge in [-0.25, -0.2) is 4.39 Å². The molecule has 2 amide bonds. The normalized spacial score (nSPS) is 11.6. The Labute approximate surface area is 219 Å². The molecule has 0 bridgehead atoms. The lowest BCUT2D eigenvalue weighted by atomic mass is 10.0. The fourth-order valence-electron chi connectivity index (χ4n) is 4.22. The second kappa shape index (κ2) is 13.6. The predicted molar refractivity (Wildman–Crippen MR) is 145 cm³/mol. The molecule has 5 nitrogen and oxygen atoms in total. The summed E-state index contributed by atoms with van der Waals surface area (Å²) in [6.45, 7) is 8.50. The van der Waals surface area contributed by atoms with Crippen molar-refractivity contribution in [3.8, 4) is 5.75 Å². The maximum absolute atomic E-state index is 13.7. The zero-order valence-corrected chi connectivity index (χ0v) is 22.2. The molecule has 0 heterocycles. The maximum atomic E-state index is 13.7. The Hall–Kier alpha value is -3.67. The van der Waals surface area contributed by atoms with Crippen molar-refractivity contribution in [3.05, 3.63) is 100 Å². The highest BCUT2D eigenvalue weighted by Gasteiger charge is 2.30. The van der Waals surface area contributed by atoms with Gasteiger partial charge in [0.15, 0.2) is 6.61 Å². The Morgan fingerprint density at radius 3 is 2.35 bits per heavy atom. The first-order valence-electron chi connectivity index (χ1n) is 12.8. The molecule has 0 fully saturated rings. The minimum absolute atomic E-state index is 0.160. The summed E-state index contributed by atoms with van der Waals surface area (Å²) in [5, 5.41) is 3.00. The number of nitrogens with one attached hydrogen (secondary N) is 1. The number of hydrogen-bond acceptors (Lipinski definition) is 3. The maximum Gasteiger partial charge on any atom is 0.261 e. The zero-order chi connectivity index (χ0) is 26.8. The van der Waals surface area contributed by atoms with Crippen LogP contribution in [0.2, 0.25) is 0 Å². The molecule has 1 N–H and O–H groups in total. The van der Waals surface area contributed by atoms with Crippen LogP contribution in [0.5, 0.6) is 5.75 Å². The largest absolute Gasteiger partial charge is 0.483 e. The molecule has 196 valence electrons. The van der Waals surface area contributed by atoms with Crippen molar-refractivity contribution in [2.75, 3.05) is 13.2 Å². The minimum atomic E-state index is -0.749. The number of unbranched alkanes of at least 4 members (excludes halogenated alkanes) is 1. The van der Waals surface area contributed by atoms with Crippen LogP contribution in [0.25, 0.3) is 0 Å². The quantitative estimate of drug-likeness (QED) is 0.323. The average molecular weight is 505 g/mol. The molecular formula is C31H37FN2O3. The van der Waals surface area contributed by atoms with Gasteiger partial charge in [0.2, 0.25) is 5.91 Å². The van der Waals surface area contributed by atoms with Gasteiger partial charge in [0.25, 0.3) is 5.91 Å². The van der Waals surface area contributed by atoms with Crippen LogP contribution in [-0.2, 0) is 22.6 Å². The first-order chi connectivity index (χ1) is 17.8. The molecule has 3 aromatic carbocycles. The number of carbonyl (C=O) groups is 2. The monoisotopic (exact) mass is 504 g/mol. The molecule has 0 saturated heterocycles. The molecule has 0 aromatic heterocycles. The molecule has 0 aliphatic rings. The summed E-state index contributed by atoms with van der Waals surface area (Å²) in [7, 11) is 0. The molecule has 37 heavy (non-hydrogen) atoms. The van der Waals surface area contributed by atoms with Gasteiger partial charge in [-0.1, -0.05) is 61.9 Å². The van der Waals surface area contributed by atoms with Crippen LogP contribution >= 0.6 is 0 Å². The molecule has 3 aromatic rings. The molecule has 0 aliphatic heterocycles. The van der Waals surface area contributed by atoms with E-state index in [0.29, 0.717) is 18.7 Å². The van der Waals surface area contributed by atoms with Gasteiger partial charge in [0.1, 0.15) is 17.6 Å². The van der Waals surface area contributed by atoms with E-state index in [1.54, 1.807) is 17.0 Å². The summed E-state index contributed by atoms with van der Waals surface area (Å²) in [6, 6.07) is 18.9. The molecular weight excluding hydrogens is 467 g/mol. The van der Waals surface area contributed by atoms with Crippen molar-refractivity contribution in [2.24, 2.45) is 0 Å². The van der Waals surface area contributed by atoms with E-state index in [-0.39, 0.29) is 30.8 Å². The van der Waals surface area contributed by atoms with Gasteiger partial charge in [0.05, 0.1) is 0 Å². The summed E-state index contributed by atoms with van der Waals surface area (Å²) in [5.74, 6) is -0.224. The van der Waals surface area contributed by atoms with Gasteiger partial charge < -0.3 is 15.0 Å². The number of nitrogens with zero attached hydrogens (tertiary/aromatic N) is 1. The van der Waals surface area contributed by atoms with Gasteiger partial charge >= 0.3 is 0 Å². The van der Waals surface area contributed by atoms with Gasteiger partial charge in [-0.15, -0.1) is 0 Å². The van der Waals surface area contributed by atoms with Crippen LogP contribution in [0.4, 0.5) is 4.39 Å². The van der Waals surface area contributed by atoms with Crippen LogP contribution in [0.15, 0.2) is 66.7 Å². The van der Waals surface area contributed by atoms with Crippen LogP contribution in [0, 0.1) is 26.6 Å². The van der Waals surface area contributed by atoms with E-state index in [1.807, 2.05) is 57.2 Å². The minimum Gasteiger partial charge on any atom is -0.483 e. The number of aryl methyl sites for hydroxylation is 2. The molecule has 0 radical (unpaired) electrons. The van der Waals surface area contributed by atoms with Crippen molar-refractivity contribution >= 4 is 11.8 Å². The number of benzene rings is 3. The number of amides is 2. The first-order valence-corrected chi connectivity index (χ1v) is 12.8. The smallest absolute Gasteiger partial charge is 0.261 e. The topological polar surface area (TPSA) is 58.6 Å². The molecule has 6 heteroatoms. The lowest BCUT2D eigenvalue weighted by Crippen LogP contribution is -2.51. The molecule has 0 spiro atoms. The standard InChI is InChI=1S/C31H37FN2O3/c1-5-6-16-33-31(36)28(19-25-10-8-7-9-11-25)34(20-26-12-14-27(32)15-13-26)30(35)21-37-29-18-22(2)17-23(3)24(29)4/h7-15,17-18,28H,5-6,16,19-21H2,1-4H3,(H,33,36). The molecule has 0 saturated carbocycles. The Morgan fingerprint density at radius 2 is 1.68 bits per heavy atom. The van der Waals surface area contributed by atoms with E-state index in [0.717, 1.165) is 40.7 Å². The lowest BCUT2D eigenvalue weighted by Gasteiger charge is -2.31. The second-order valence-electron chi connectivity index (χ2n) is 9.49.